The quantitative estimate of drug-likeness (QED) is 0.563. The lowest BCUT2D eigenvalue weighted by Gasteiger charge is -2.35. The van der Waals surface area contributed by atoms with Gasteiger partial charge in [0, 0.05) is 96.4 Å². The minimum Gasteiger partial charge on any atom is -0.383 e. The molecule has 0 aliphatic carbocycles. The second-order valence-electron chi connectivity index (χ2n) is 9.87. The van der Waals surface area contributed by atoms with E-state index in [1.165, 1.54) is 5.56 Å². The zero-order valence-electron chi connectivity index (χ0n) is 22.2. The molecule has 1 fully saturated rings. The third kappa shape index (κ3) is 6.63. The van der Waals surface area contributed by atoms with E-state index >= 15 is 0 Å². The van der Waals surface area contributed by atoms with Crippen LogP contribution >= 0.6 is 0 Å². The lowest BCUT2D eigenvalue weighted by Crippen LogP contribution is -2.50. The highest BCUT2D eigenvalue weighted by Crippen LogP contribution is 2.24. The molecule has 10 heteroatoms. The number of nitrogens with zero attached hydrogens (tertiary/aromatic N) is 7. The topological polar surface area (TPSA) is 90.0 Å². The molecule has 2 aromatic heterocycles. The van der Waals surface area contributed by atoms with E-state index in [4.69, 9.17) is 4.74 Å². The Morgan fingerprint density at radius 3 is 2.42 bits per heavy atom. The van der Waals surface area contributed by atoms with Crippen molar-refractivity contribution < 1.29 is 9.53 Å². The van der Waals surface area contributed by atoms with E-state index in [-0.39, 0.29) is 5.91 Å². The van der Waals surface area contributed by atoms with Gasteiger partial charge in [-0.1, -0.05) is 12.1 Å². The maximum atomic E-state index is 13.0. The standard InChI is InChI=1S/C28H36N8O2/c1-33-8-13-36(14-15-38-2)28-30-18-24(19-31-28)23-6-7-29-26(17-23)32-25-5-3-4-22(16-25)20-34-9-11-35(12-10-34)21-27(33)37/h3-7,16-19H,8-15,20-21H2,1-2H3,(H,29,32). The van der Waals surface area contributed by atoms with Crippen molar-refractivity contribution in [3.05, 3.63) is 60.6 Å². The summed E-state index contributed by atoms with van der Waals surface area (Å²) in [5, 5.41) is 3.45. The molecule has 0 saturated carbocycles. The molecule has 0 atom stereocenters. The summed E-state index contributed by atoms with van der Waals surface area (Å²) in [5.74, 6) is 1.53. The average Bonchev–Trinajstić information content (AvgIpc) is 2.94. The Hall–Kier alpha value is -3.60. The fourth-order valence-electron chi connectivity index (χ4n) is 4.79. The lowest BCUT2D eigenvalue weighted by molar-refractivity contribution is -0.131. The first-order valence-electron chi connectivity index (χ1n) is 13.1. The zero-order valence-corrected chi connectivity index (χ0v) is 22.2. The van der Waals surface area contributed by atoms with Crippen LogP contribution in [0.5, 0.6) is 0 Å². The van der Waals surface area contributed by atoms with Gasteiger partial charge in [0.15, 0.2) is 0 Å². The number of piperazine rings is 1. The number of methoxy groups -OCH3 is 1. The number of carbonyl (C=O) groups is 1. The molecule has 0 radical (unpaired) electrons. The SMILES string of the molecule is COCCN1CCN(C)C(=O)CN2CCN(CC2)Cc2cccc(c2)Nc2cc(ccn2)-c2cnc1nc2. The van der Waals surface area contributed by atoms with Crippen LogP contribution in [0.25, 0.3) is 11.1 Å². The third-order valence-electron chi connectivity index (χ3n) is 7.14. The van der Waals surface area contributed by atoms with Crippen LogP contribution in [-0.4, -0.2) is 109 Å². The zero-order chi connectivity index (χ0) is 26.3. The van der Waals surface area contributed by atoms with Crippen LogP contribution in [0.2, 0.25) is 0 Å². The molecule has 200 valence electrons. The molecule has 8 rings (SSSR count). The van der Waals surface area contributed by atoms with Gasteiger partial charge in [-0.15, -0.1) is 0 Å². The normalized spacial score (nSPS) is 20.5. The second kappa shape index (κ2) is 12.3. The van der Waals surface area contributed by atoms with Gasteiger partial charge in [0.05, 0.1) is 13.2 Å². The van der Waals surface area contributed by atoms with Gasteiger partial charge in [-0.25, -0.2) is 15.0 Å². The van der Waals surface area contributed by atoms with Crippen molar-refractivity contribution in [2.75, 3.05) is 83.3 Å². The Bertz CT molecular complexity index is 1210. The third-order valence-corrected chi connectivity index (χ3v) is 7.14. The van der Waals surface area contributed by atoms with E-state index in [2.05, 4.69) is 59.2 Å². The smallest absolute Gasteiger partial charge is 0.236 e. The molecule has 1 amide bonds. The summed E-state index contributed by atoms with van der Waals surface area (Å²) < 4.78 is 5.31. The summed E-state index contributed by atoms with van der Waals surface area (Å²) in [4.78, 5) is 35.4. The molecule has 1 N–H and O–H groups in total. The number of aromatic nitrogens is 3. The highest BCUT2D eigenvalue weighted by molar-refractivity contribution is 5.78. The molecule has 3 aromatic rings. The van der Waals surface area contributed by atoms with Gasteiger partial charge in [0.1, 0.15) is 5.82 Å². The first-order chi connectivity index (χ1) is 18.6. The summed E-state index contributed by atoms with van der Waals surface area (Å²) in [5.41, 5.74) is 4.15. The minimum absolute atomic E-state index is 0.135. The number of hydrogen-bond acceptors (Lipinski definition) is 9. The van der Waals surface area contributed by atoms with Crippen molar-refractivity contribution in [1.82, 2.24) is 29.7 Å². The molecular weight excluding hydrogens is 480 g/mol. The summed E-state index contributed by atoms with van der Waals surface area (Å²) >= 11 is 0. The van der Waals surface area contributed by atoms with Crippen LogP contribution in [0.15, 0.2) is 55.0 Å². The van der Waals surface area contributed by atoms with Gasteiger partial charge < -0.3 is 19.9 Å². The Morgan fingerprint density at radius 2 is 1.66 bits per heavy atom. The molecule has 5 aliphatic heterocycles. The Balaban J connectivity index is 1.42. The first kappa shape index (κ1) is 26.0. The van der Waals surface area contributed by atoms with E-state index in [1.54, 1.807) is 13.3 Å². The fourth-order valence-corrected chi connectivity index (χ4v) is 4.79. The molecule has 38 heavy (non-hydrogen) atoms. The number of nitrogens with one attached hydrogen (secondary N) is 1. The number of benzene rings is 1. The monoisotopic (exact) mass is 516 g/mol. The van der Waals surface area contributed by atoms with E-state index in [0.29, 0.717) is 38.7 Å². The van der Waals surface area contributed by atoms with Gasteiger partial charge in [0.25, 0.3) is 0 Å². The summed E-state index contributed by atoms with van der Waals surface area (Å²) in [6, 6.07) is 12.4. The number of pyridine rings is 1. The van der Waals surface area contributed by atoms with Crippen molar-refractivity contribution >= 4 is 23.4 Å². The Kier molecular flexibility index (Phi) is 8.42. The summed E-state index contributed by atoms with van der Waals surface area (Å²) in [6.07, 6.45) is 5.47. The van der Waals surface area contributed by atoms with E-state index < -0.39 is 0 Å². The largest absolute Gasteiger partial charge is 0.383 e. The van der Waals surface area contributed by atoms with Crippen molar-refractivity contribution in [2.45, 2.75) is 6.54 Å². The summed E-state index contributed by atoms with van der Waals surface area (Å²) in [6.45, 7) is 7.37. The Labute approximate surface area is 224 Å². The van der Waals surface area contributed by atoms with Crippen LogP contribution < -0.4 is 10.2 Å². The molecule has 1 aromatic carbocycles. The maximum Gasteiger partial charge on any atom is 0.236 e. The molecule has 10 nitrogen and oxygen atoms in total. The van der Waals surface area contributed by atoms with Gasteiger partial charge in [-0.2, -0.15) is 0 Å². The number of hydrogen-bond donors (Lipinski definition) is 1. The molecule has 0 unspecified atom stereocenters. The highest BCUT2D eigenvalue weighted by atomic mass is 16.5. The van der Waals surface area contributed by atoms with Gasteiger partial charge in [0.2, 0.25) is 11.9 Å². The molecule has 5 aliphatic rings. The number of anilines is 3. The maximum absolute atomic E-state index is 13.0. The number of carbonyl (C=O) groups excluding carboxylic acids is 1. The molecule has 0 spiro atoms. The number of rotatable bonds is 3. The second-order valence-corrected chi connectivity index (χ2v) is 9.87. The highest BCUT2D eigenvalue weighted by Gasteiger charge is 2.21. The van der Waals surface area contributed by atoms with Crippen molar-refractivity contribution in [3.8, 4) is 11.1 Å². The predicted molar refractivity (Wildman–Crippen MR) is 148 cm³/mol. The van der Waals surface area contributed by atoms with E-state index in [9.17, 15) is 4.79 Å². The van der Waals surface area contributed by atoms with Gasteiger partial charge in [-0.3, -0.25) is 14.6 Å². The number of ether oxygens (including phenoxy) is 1. The molecule has 1 saturated heterocycles. The van der Waals surface area contributed by atoms with Crippen molar-refractivity contribution in [1.29, 1.82) is 0 Å². The lowest BCUT2D eigenvalue weighted by atomic mass is 10.1. The predicted octanol–water partition coefficient (Wildman–Crippen LogP) is 2.32. The summed E-state index contributed by atoms with van der Waals surface area (Å²) in [7, 11) is 3.56. The number of amides is 1. The average molecular weight is 517 g/mol. The van der Waals surface area contributed by atoms with Crippen LogP contribution in [0.1, 0.15) is 5.56 Å². The molecule has 8 bridgehead atoms. The van der Waals surface area contributed by atoms with E-state index in [0.717, 1.165) is 55.4 Å². The van der Waals surface area contributed by atoms with Gasteiger partial charge >= 0.3 is 0 Å². The minimum atomic E-state index is 0.135. The first-order valence-corrected chi connectivity index (χ1v) is 13.1. The van der Waals surface area contributed by atoms with E-state index in [1.807, 2.05) is 36.5 Å². The molecule has 7 heterocycles. The van der Waals surface area contributed by atoms with Crippen LogP contribution in [-0.2, 0) is 16.1 Å². The van der Waals surface area contributed by atoms with Crippen molar-refractivity contribution in [2.24, 2.45) is 0 Å². The Morgan fingerprint density at radius 1 is 0.895 bits per heavy atom. The fraction of sp³-hybridized carbons (Fsp3) is 0.429. The number of likely N-dealkylation sites (N-methyl/N-ethyl adjacent to an activating group) is 1. The van der Waals surface area contributed by atoms with Crippen LogP contribution in [0, 0.1) is 0 Å². The van der Waals surface area contributed by atoms with Crippen molar-refractivity contribution in [3.63, 3.8) is 0 Å². The molecular formula is C28H36N8O2. The van der Waals surface area contributed by atoms with Gasteiger partial charge in [-0.05, 0) is 35.4 Å². The van der Waals surface area contributed by atoms with Crippen LogP contribution in [0.3, 0.4) is 0 Å². The van der Waals surface area contributed by atoms with Crippen LogP contribution in [0.4, 0.5) is 17.5 Å².